The van der Waals surface area contributed by atoms with Gasteiger partial charge in [-0.3, -0.25) is 0 Å². The molecular weight excluding hydrogens is 320 g/mol. The van der Waals surface area contributed by atoms with Crippen molar-refractivity contribution in [3.63, 3.8) is 0 Å². The van der Waals surface area contributed by atoms with Crippen LogP contribution < -0.4 is 10.5 Å². The molecule has 2 N–H and O–H groups in total. The Morgan fingerprint density at radius 2 is 2.20 bits per heavy atom. The van der Waals surface area contributed by atoms with Crippen LogP contribution in [0, 0.1) is 6.92 Å². The summed E-state index contributed by atoms with van der Waals surface area (Å²) in [5, 5.41) is 4.27. The molecule has 0 fully saturated rings. The van der Waals surface area contributed by atoms with Crippen LogP contribution in [0.1, 0.15) is 25.1 Å². The van der Waals surface area contributed by atoms with Crippen LogP contribution >= 0.6 is 15.9 Å². The first-order valence-electron chi connectivity index (χ1n) is 6.27. The number of nitrogens with zero attached hydrogens (tertiary/aromatic N) is 3. The lowest BCUT2D eigenvalue weighted by molar-refractivity contribution is 0.241. The van der Waals surface area contributed by atoms with Gasteiger partial charge in [-0.25, -0.2) is 9.66 Å². The van der Waals surface area contributed by atoms with E-state index in [1.54, 1.807) is 17.1 Å². The van der Waals surface area contributed by atoms with Crippen molar-refractivity contribution in [1.82, 2.24) is 9.66 Å². The number of rotatable bonds is 4. The van der Waals surface area contributed by atoms with E-state index in [0.717, 1.165) is 21.5 Å². The van der Waals surface area contributed by atoms with Gasteiger partial charge < -0.3 is 10.5 Å². The van der Waals surface area contributed by atoms with Crippen molar-refractivity contribution < 1.29 is 4.74 Å². The molecule has 0 unspecified atom stereocenters. The third kappa shape index (κ3) is 3.60. The third-order valence-electron chi connectivity index (χ3n) is 2.48. The van der Waals surface area contributed by atoms with E-state index in [2.05, 4.69) is 26.0 Å². The summed E-state index contributed by atoms with van der Waals surface area (Å²) in [5.41, 5.74) is 7.50. The summed E-state index contributed by atoms with van der Waals surface area (Å²) in [4.78, 5) is 4.09. The van der Waals surface area contributed by atoms with E-state index in [1.807, 2.05) is 39.0 Å². The van der Waals surface area contributed by atoms with E-state index in [4.69, 9.17) is 10.5 Å². The standard InChI is InChI=1S/C14H17BrN4O/c1-9(2)20-13-5-4-11(6-12(13)15)7-17-19-8-10(3)18-14(19)16/h4-9H,1-3H3,(H2,16,18). The zero-order valence-electron chi connectivity index (χ0n) is 11.7. The highest BCUT2D eigenvalue weighted by Gasteiger charge is 2.04. The fraction of sp³-hybridized carbons (Fsp3) is 0.286. The Hall–Kier alpha value is -1.82. The molecule has 5 nitrogen and oxygen atoms in total. The summed E-state index contributed by atoms with van der Waals surface area (Å²) in [6.07, 6.45) is 3.64. The summed E-state index contributed by atoms with van der Waals surface area (Å²) in [7, 11) is 0. The second-order valence-corrected chi connectivity index (χ2v) is 5.54. The number of aryl methyl sites for hydroxylation is 1. The molecule has 1 aromatic heterocycles. The SMILES string of the molecule is Cc1cn(N=Cc2ccc(OC(C)C)c(Br)c2)c(N)n1. The zero-order chi connectivity index (χ0) is 14.7. The molecule has 0 bridgehead atoms. The second kappa shape index (κ2) is 6.09. The van der Waals surface area contributed by atoms with E-state index in [9.17, 15) is 0 Å². The van der Waals surface area contributed by atoms with Crippen LogP contribution in [0.3, 0.4) is 0 Å². The summed E-state index contributed by atoms with van der Waals surface area (Å²) in [6, 6.07) is 5.79. The topological polar surface area (TPSA) is 65.4 Å². The van der Waals surface area contributed by atoms with Gasteiger partial charge in [-0.1, -0.05) is 0 Å². The van der Waals surface area contributed by atoms with Crippen LogP contribution in [0.15, 0.2) is 34.0 Å². The number of hydrogen-bond donors (Lipinski definition) is 1. The fourth-order valence-electron chi connectivity index (χ4n) is 1.67. The van der Waals surface area contributed by atoms with E-state index in [-0.39, 0.29) is 6.10 Å². The molecular formula is C14H17BrN4O. The van der Waals surface area contributed by atoms with Crippen LogP contribution in [0.5, 0.6) is 5.75 Å². The molecule has 1 aromatic carbocycles. The van der Waals surface area contributed by atoms with Crippen molar-refractivity contribution in [2.45, 2.75) is 26.9 Å². The number of aromatic nitrogens is 2. The Labute approximate surface area is 126 Å². The maximum Gasteiger partial charge on any atom is 0.221 e. The van der Waals surface area contributed by atoms with Crippen LogP contribution in [-0.4, -0.2) is 22.0 Å². The zero-order valence-corrected chi connectivity index (χ0v) is 13.3. The van der Waals surface area contributed by atoms with Gasteiger partial charge in [-0.15, -0.1) is 0 Å². The van der Waals surface area contributed by atoms with E-state index in [1.165, 1.54) is 0 Å². The van der Waals surface area contributed by atoms with Crippen molar-refractivity contribution in [2.24, 2.45) is 5.10 Å². The summed E-state index contributed by atoms with van der Waals surface area (Å²) in [6.45, 7) is 5.86. The van der Waals surface area contributed by atoms with Crippen molar-refractivity contribution >= 4 is 28.1 Å². The summed E-state index contributed by atoms with van der Waals surface area (Å²) < 4.78 is 8.10. The van der Waals surface area contributed by atoms with Crippen LogP contribution in [-0.2, 0) is 0 Å². The Kier molecular flexibility index (Phi) is 4.44. The molecule has 0 radical (unpaired) electrons. The minimum atomic E-state index is 0.138. The average Bonchev–Trinajstić information content (AvgIpc) is 2.68. The Morgan fingerprint density at radius 3 is 2.75 bits per heavy atom. The van der Waals surface area contributed by atoms with E-state index >= 15 is 0 Å². The lowest BCUT2D eigenvalue weighted by Gasteiger charge is -2.11. The minimum absolute atomic E-state index is 0.138. The lowest BCUT2D eigenvalue weighted by atomic mass is 10.2. The van der Waals surface area contributed by atoms with Crippen LogP contribution in [0.2, 0.25) is 0 Å². The highest BCUT2D eigenvalue weighted by atomic mass is 79.9. The largest absolute Gasteiger partial charge is 0.490 e. The van der Waals surface area contributed by atoms with Gasteiger partial charge in [0.2, 0.25) is 5.95 Å². The number of nitrogen functional groups attached to an aromatic ring is 1. The van der Waals surface area contributed by atoms with Gasteiger partial charge in [0.25, 0.3) is 0 Å². The second-order valence-electron chi connectivity index (χ2n) is 4.69. The van der Waals surface area contributed by atoms with Gasteiger partial charge in [0.15, 0.2) is 0 Å². The summed E-state index contributed by atoms with van der Waals surface area (Å²) >= 11 is 3.49. The van der Waals surface area contributed by atoms with Crippen LogP contribution in [0.4, 0.5) is 5.95 Å². The molecule has 1 heterocycles. The van der Waals surface area contributed by atoms with Crippen molar-refractivity contribution in [1.29, 1.82) is 0 Å². The molecule has 2 aromatic rings. The molecule has 20 heavy (non-hydrogen) atoms. The van der Waals surface area contributed by atoms with Crippen molar-refractivity contribution in [2.75, 3.05) is 5.73 Å². The Bertz CT molecular complexity index is 634. The molecule has 106 valence electrons. The molecule has 0 aliphatic rings. The normalized spacial score (nSPS) is 11.4. The van der Waals surface area contributed by atoms with E-state index in [0.29, 0.717) is 5.95 Å². The quantitative estimate of drug-likeness (QED) is 0.872. The Balaban J connectivity index is 2.18. The predicted octanol–water partition coefficient (Wildman–Crippen LogP) is 3.21. The third-order valence-corrected chi connectivity index (χ3v) is 3.10. The number of halogens is 1. The van der Waals surface area contributed by atoms with Gasteiger partial charge in [-0.2, -0.15) is 5.10 Å². The Morgan fingerprint density at radius 1 is 1.45 bits per heavy atom. The maximum absolute atomic E-state index is 5.72. The monoisotopic (exact) mass is 336 g/mol. The van der Waals surface area contributed by atoms with Crippen LogP contribution in [0.25, 0.3) is 0 Å². The molecule has 0 aliphatic carbocycles. The average molecular weight is 337 g/mol. The first-order valence-corrected chi connectivity index (χ1v) is 7.07. The number of anilines is 1. The molecule has 0 saturated carbocycles. The van der Waals surface area contributed by atoms with Crippen molar-refractivity contribution in [3.05, 3.63) is 40.1 Å². The first kappa shape index (κ1) is 14.6. The number of ether oxygens (including phenoxy) is 1. The molecule has 2 rings (SSSR count). The predicted molar refractivity (Wildman–Crippen MR) is 84.3 cm³/mol. The molecule has 6 heteroatoms. The lowest BCUT2D eigenvalue weighted by Crippen LogP contribution is -2.06. The smallest absolute Gasteiger partial charge is 0.221 e. The molecule has 0 aliphatic heterocycles. The van der Waals surface area contributed by atoms with E-state index < -0.39 is 0 Å². The first-order chi connectivity index (χ1) is 9.45. The highest BCUT2D eigenvalue weighted by Crippen LogP contribution is 2.26. The highest BCUT2D eigenvalue weighted by molar-refractivity contribution is 9.10. The molecule has 0 amide bonds. The molecule has 0 atom stereocenters. The minimum Gasteiger partial charge on any atom is -0.490 e. The van der Waals surface area contributed by atoms with Gasteiger partial charge in [0.1, 0.15) is 5.75 Å². The number of benzene rings is 1. The van der Waals surface area contributed by atoms with Gasteiger partial charge in [0.05, 0.1) is 28.7 Å². The molecule has 0 spiro atoms. The van der Waals surface area contributed by atoms with Gasteiger partial charge in [-0.05, 0) is 60.5 Å². The maximum atomic E-state index is 5.72. The van der Waals surface area contributed by atoms with Crippen molar-refractivity contribution in [3.8, 4) is 5.75 Å². The number of nitrogens with two attached hydrogens (primary N) is 1. The van der Waals surface area contributed by atoms with Gasteiger partial charge in [0, 0.05) is 0 Å². The number of hydrogen-bond acceptors (Lipinski definition) is 4. The summed E-state index contributed by atoms with van der Waals surface area (Å²) in [5.74, 6) is 1.19. The van der Waals surface area contributed by atoms with Gasteiger partial charge >= 0.3 is 0 Å². The number of imidazole rings is 1. The fourth-order valence-corrected chi connectivity index (χ4v) is 2.16. The molecule has 0 saturated heterocycles.